The highest BCUT2D eigenvalue weighted by Gasteiger charge is 2.38. The van der Waals surface area contributed by atoms with Crippen LogP contribution in [0.15, 0.2) is 30.5 Å². The molecule has 46 heavy (non-hydrogen) atoms. The second-order valence-electron chi connectivity index (χ2n) is 11.3. The van der Waals surface area contributed by atoms with Gasteiger partial charge in [0.15, 0.2) is 0 Å². The van der Waals surface area contributed by atoms with Gasteiger partial charge in [-0.1, -0.05) is 18.2 Å². The summed E-state index contributed by atoms with van der Waals surface area (Å²) in [5.74, 6) is -4.36. The molecule has 0 saturated carbocycles. The van der Waals surface area contributed by atoms with Crippen molar-refractivity contribution in [2.24, 2.45) is 11.5 Å². The molecule has 0 radical (unpaired) electrons. The number of fused-ring (bicyclic) bond motifs is 1. The van der Waals surface area contributed by atoms with E-state index < -0.39 is 65.7 Å². The number of carboxylic acid groups (broad SMARTS) is 1. The lowest BCUT2D eigenvalue weighted by Gasteiger charge is -2.37. The van der Waals surface area contributed by atoms with Crippen LogP contribution in [0.4, 0.5) is 4.79 Å². The number of rotatable bonds is 16. The van der Waals surface area contributed by atoms with E-state index in [9.17, 15) is 33.6 Å². The fourth-order valence-electron chi connectivity index (χ4n) is 5.51. The van der Waals surface area contributed by atoms with E-state index in [0.29, 0.717) is 18.4 Å². The maximum Gasteiger partial charge on any atom is 0.312 e. The van der Waals surface area contributed by atoms with Crippen molar-refractivity contribution in [3.05, 3.63) is 36.0 Å². The first-order chi connectivity index (χ1) is 21.9. The van der Waals surface area contributed by atoms with E-state index in [1.54, 1.807) is 6.20 Å². The molecule has 1 aliphatic heterocycles. The standard InChI is InChI=1S/C30H42N8O8/c1-17(39)35-22(11-12-25(40)41)29(45)38-14-5-4-10-24(38)28(44)37-23(15-18-16-34-20-8-3-2-7-19(18)20)27(43)36-21(26(31)42)9-6-13-33-30(32)46/h2-3,7-8,16,21-24,34H,4-6,9-15H2,1H3,(H2,31,42)(H,35,39)(H,36,43)(H,37,44)(H,40,41)(H3,32,33,46)/t21-,22-,23-,24-/m0/s1. The molecule has 1 aromatic carbocycles. The van der Waals surface area contributed by atoms with Crippen molar-refractivity contribution < 1.29 is 38.7 Å². The highest BCUT2D eigenvalue weighted by Crippen LogP contribution is 2.22. The number of urea groups is 1. The Hall–Kier alpha value is -5.15. The Balaban J connectivity index is 1.84. The molecule has 16 nitrogen and oxygen atoms in total. The van der Waals surface area contributed by atoms with Gasteiger partial charge in [0.05, 0.1) is 0 Å². The summed E-state index contributed by atoms with van der Waals surface area (Å²) in [5.41, 5.74) is 12.1. The lowest BCUT2D eigenvalue weighted by atomic mass is 9.97. The second-order valence-corrected chi connectivity index (χ2v) is 11.3. The Morgan fingerprint density at radius 2 is 1.72 bits per heavy atom. The van der Waals surface area contributed by atoms with Gasteiger partial charge in [-0.05, 0) is 50.2 Å². The van der Waals surface area contributed by atoms with Crippen LogP contribution in [0.1, 0.15) is 57.4 Å². The first-order valence-corrected chi connectivity index (χ1v) is 15.1. The van der Waals surface area contributed by atoms with Crippen LogP contribution in [0.2, 0.25) is 0 Å². The van der Waals surface area contributed by atoms with Crippen molar-refractivity contribution in [3.63, 3.8) is 0 Å². The number of para-hydroxylation sites is 1. The minimum atomic E-state index is -1.19. The van der Waals surface area contributed by atoms with Gasteiger partial charge in [0.1, 0.15) is 24.2 Å². The average Bonchev–Trinajstić information content (AvgIpc) is 3.42. The number of carboxylic acids is 1. The highest BCUT2D eigenvalue weighted by atomic mass is 16.4. The lowest BCUT2D eigenvalue weighted by Crippen LogP contribution is -2.60. The van der Waals surface area contributed by atoms with E-state index in [1.807, 2.05) is 24.3 Å². The number of primary amides is 2. The molecule has 2 aromatic rings. The van der Waals surface area contributed by atoms with E-state index in [4.69, 9.17) is 16.6 Å². The van der Waals surface area contributed by atoms with Crippen LogP contribution in [-0.2, 0) is 35.2 Å². The number of aliphatic carboxylic acids is 1. The molecule has 1 saturated heterocycles. The number of carbonyl (C=O) groups excluding carboxylic acids is 6. The summed E-state index contributed by atoms with van der Waals surface area (Å²) in [7, 11) is 0. The number of benzene rings is 1. The van der Waals surface area contributed by atoms with E-state index >= 15 is 0 Å². The fraction of sp³-hybridized carbons (Fsp3) is 0.500. The maximum absolute atomic E-state index is 13.8. The number of H-pyrrole nitrogens is 1. The van der Waals surface area contributed by atoms with Gasteiger partial charge in [0.2, 0.25) is 29.5 Å². The number of nitrogens with two attached hydrogens (primary N) is 2. The van der Waals surface area contributed by atoms with Crippen molar-refractivity contribution in [1.29, 1.82) is 0 Å². The van der Waals surface area contributed by atoms with Crippen molar-refractivity contribution in [2.45, 2.75) is 82.5 Å². The number of carbonyl (C=O) groups is 7. The number of nitrogens with zero attached hydrogens (tertiary/aromatic N) is 1. The van der Waals surface area contributed by atoms with Crippen LogP contribution in [0.5, 0.6) is 0 Å². The molecule has 3 rings (SSSR count). The predicted molar refractivity (Wildman–Crippen MR) is 166 cm³/mol. The number of hydrogen-bond acceptors (Lipinski definition) is 7. The van der Waals surface area contributed by atoms with Crippen LogP contribution < -0.4 is 32.7 Å². The number of aromatic amines is 1. The third-order valence-corrected chi connectivity index (χ3v) is 7.77. The lowest BCUT2D eigenvalue weighted by molar-refractivity contribution is -0.146. The predicted octanol–water partition coefficient (Wildman–Crippen LogP) is -0.636. The van der Waals surface area contributed by atoms with Crippen LogP contribution in [-0.4, -0.2) is 93.8 Å². The van der Waals surface area contributed by atoms with Crippen molar-refractivity contribution in [3.8, 4) is 0 Å². The van der Waals surface area contributed by atoms with E-state index in [1.165, 1.54) is 11.8 Å². The molecule has 0 aliphatic carbocycles. The highest BCUT2D eigenvalue weighted by molar-refractivity contribution is 5.96. The van der Waals surface area contributed by atoms with Gasteiger partial charge < -0.3 is 47.7 Å². The second kappa shape index (κ2) is 16.8. The molecule has 0 spiro atoms. The SMILES string of the molecule is CC(=O)N[C@@H](CCC(=O)O)C(=O)N1CCCC[C@H]1C(=O)N[C@@H](Cc1c[nH]c2ccccc12)C(=O)N[C@@H](CCCNC(N)=O)C(N)=O. The monoisotopic (exact) mass is 642 g/mol. The Morgan fingerprint density at radius 1 is 0.978 bits per heavy atom. The minimum absolute atomic E-state index is 0.0318. The number of likely N-dealkylation sites (tertiary alicyclic amines) is 1. The summed E-state index contributed by atoms with van der Waals surface area (Å²) in [5, 5.41) is 20.2. The molecule has 7 amide bonds. The van der Waals surface area contributed by atoms with Gasteiger partial charge >= 0.3 is 12.0 Å². The Morgan fingerprint density at radius 3 is 2.39 bits per heavy atom. The smallest absolute Gasteiger partial charge is 0.312 e. The molecule has 10 N–H and O–H groups in total. The van der Waals surface area contributed by atoms with Gasteiger partial charge in [0.25, 0.3) is 0 Å². The van der Waals surface area contributed by atoms with Crippen LogP contribution in [0, 0.1) is 0 Å². The van der Waals surface area contributed by atoms with E-state index in [-0.39, 0.29) is 51.6 Å². The molecule has 0 unspecified atom stereocenters. The molecule has 250 valence electrons. The fourth-order valence-corrected chi connectivity index (χ4v) is 5.51. The molecule has 1 aromatic heterocycles. The molecule has 1 aliphatic rings. The number of amides is 7. The Kier molecular flexibility index (Phi) is 12.9. The maximum atomic E-state index is 13.8. The van der Waals surface area contributed by atoms with E-state index in [0.717, 1.165) is 10.9 Å². The van der Waals surface area contributed by atoms with Gasteiger partial charge in [-0.2, -0.15) is 0 Å². The zero-order valence-corrected chi connectivity index (χ0v) is 25.7. The molecule has 16 heteroatoms. The summed E-state index contributed by atoms with van der Waals surface area (Å²) in [4.78, 5) is 91.6. The number of aromatic nitrogens is 1. The average molecular weight is 643 g/mol. The summed E-state index contributed by atoms with van der Waals surface area (Å²) in [6.07, 6.45) is 3.09. The topological polar surface area (TPSA) is 259 Å². The van der Waals surface area contributed by atoms with Gasteiger partial charge in [0, 0.05) is 50.0 Å². The van der Waals surface area contributed by atoms with Crippen LogP contribution >= 0.6 is 0 Å². The van der Waals surface area contributed by atoms with Crippen molar-refractivity contribution >= 4 is 52.4 Å². The van der Waals surface area contributed by atoms with Crippen LogP contribution in [0.25, 0.3) is 10.9 Å². The first kappa shape index (κ1) is 35.3. The largest absolute Gasteiger partial charge is 0.481 e. The number of hydrogen-bond donors (Lipinski definition) is 8. The molecular formula is C30H42N8O8. The molecule has 1 fully saturated rings. The normalized spacial score (nSPS) is 16.5. The Labute approximate surface area is 265 Å². The zero-order valence-electron chi connectivity index (χ0n) is 25.7. The van der Waals surface area contributed by atoms with Gasteiger partial charge in [-0.3, -0.25) is 28.8 Å². The molecule has 2 heterocycles. The van der Waals surface area contributed by atoms with E-state index in [2.05, 4.69) is 26.3 Å². The quantitative estimate of drug-likeness (QED) is 0.109. The first-order valence-electron chi connectivity index (χ1n) is 15.1. The van der Waals surface area contributed by atoms with Gasteiger partial charge in [-0.15, -0.1) is 0 Å². The third kappa shape index (κ3) is 10.2. The molecule has 0 bridgehead atoms. The summed E-state index contributed by atoms with van der Waals surface area (Å²) >= 11 is 0. The molecule has 4 atom stereocenters. The van der Waals surface area contributed by atoms with Gasteiger partial charge in [-0.25, -0.2) is 4.79 Å². The Bertz CT molecular complexity index is 1440. The third-order valence-electron chi connectivity index (χ3n) is 7.77. The summed E-state index contributed by atoms with van der Waals surface area (Å²) in [6.45, 7) is 1.56. The molecular weight excluding hydrogens is 600 g/mol. The minimum Gasteiger partial charge on any atom is -0.481 e. The van der Waals surface area contributed by atoms with Crippen molar-refractivity contribution in [1.82, 2.24) is 31.2 Å². The van der Waals surface area contributed by atoms with Crippen LogP contribution in [0.3, 0.4) is 0 Å². The summed E-state index contributed by atoms with van der Waals surface area (Å²) in [6, 6.07) is 2.23. The van der Waals surface area contributed by atoms with Crippen molar-refractivity contribution in [2.75, 3.05) is 13.1 Å². The summed E-state index contributed by atoms with van der Waals surface area (Å²) < 4.78 is 0. The zero-order chi connectivity index (χ0) is 33.8. The number of nitrogens with one attached hydrogen (secondary N) is 5. The number of piperidine rings is 1.